The summed E-state index contributed by atoms with van der Waals surface area (Å²) in [6.45, 7) is 2.77. The minimum Gasteiger partial charge on any atom is -0.433 e. The number of anilines is 1. The van der Waals surface area contributed by atoms with Gasteiger partial charge < -0.3 is 15.8 Å². The fourth-order valence-corrected chi connectivity index (χ4v) is 8.51. The average molecular weight is 527 g/mol. The molecule has 4 heterocycles. The monoisotopic (exact) mass is 526 g/mol. The Balaban J connectivity index is 1.69. The van der Waals surface area contributed by atoms with Gasteiger partial charge in [-0.1, -0.05) is 6.42 Å². The zero-order valence-corrected chi connectivity index (χ0v) is 21.0. The number of amides is 1. The third-order valence-corrected chi connectivity index (χ3v) is 11.1. The number of thiol groups is 1. The number of aromatic nitrogens is 2. The molecule has 196 valence electrons. The number of rotatable bonds is 5. The molecule has 4 N–H and O–H groups in total. The summed E-state index contributed by atoms with van der Waals surface area (Å²) in [4.78, 5) is 25.5. The van der Waals surface area contributed by atoms with Crippen LogP contribution in [-0.2, 0) is 15.7 Å². The van der Waals surface area contributed by atoms with Crippen molar-refractivity contribution in [2.24, 2.45) is 10.7 Å². The molecule has 9 nitrogen and oxygen atoms in total. The molecule has 4 rings (SSSR count). The molecule has 13 heteroatoms. The van der Waals surface area contributed by atoms with Crippen LogP contribution in [-0.4, -0.2) is 49.1 Å². The first-order chi connectivity index (χ1) is 16.9. The van der Waals surface area contributed by atoms with E-state index in [1.54, 1.807) is 20.8 Å². The normalized spacial score (nSPS) is 25.8. The first-order valence-electron chi connectivity index (χ1n) is 11.5. The molecular weight excluding hydrogens is 497 g/mol. The lowest BCUT2D eigenvalue weighted by Gasteiger charge is -2.53. The summed E-state index contributed by atoms with van der Waals surface area (Å²) in [5.74, 6) is -1.40. The molecule has 0 radical (unpaired) electrons. The molecular formula is C23H29F3N6O3S. The van der Waals surface area contributed by atoms with Crippen LogP contribution in [0.3, 0.4) is 0 Å². The van der Waals surface area contributed by atoms with Gasteiger partial charge in [0.15, 0.2) is 0 Å². The van der Waals surface area contributed by atoms with E-state index in [0.29, 0.717) is 13.0 Å². The highest BCUT2D eigenvalue weighted by molar-refractivity contribution is 8.03. The predicted octanol–water partition coefficient (Wildman–Crippen LogP) is 2.91. The highest BCUT2D eigenvalue weighted by Gasteiger charge is 2.57. The van der Waals surface area contributed by atoms with Crippen molar-refractivity contribution >= 4 is 27.7 Å². The molecule has 0 aromatic carbocycles. The van der Waals surface area contributed by atoms with E-state index in [2.05, 4.69) is 29.7 Å². The summed E-state index contributed by atoms with van der Waals surface area (Å²) in [5, 5.41) is 1.97. The van der Waals surface area contributed by atoms with Gasteiger partial charge in [0, 0.05) is 6.54 Å². The molecule has 2 aromatic rings. The van der Waals surface area contributed by atoms with Gasteiger partial charge >= 0.3 is 6.61 Å². The highest BCUT2D eigenvalue weighted by atomic mass is 32.3. The summed E-state index contributed by atoms with van der Waals surface area (Å²) in [7, 11) is -3.21. The number of amidine groups is 1. The fraction of sp³-hybridized carbons (Fsp3) is 0.478. The van der Waals surface area contributed by atoms with Crippen LogP contribution in [0.15, 0.2) is 35.5 Å². The van der Waals surface area contributed by atoms with Crippen molar-refractivity contribution in [1.29, 1.82) is 0 Å². The zero-order valence-electron chi connectivity index (χ0n) is 20.1. The van der Waals surface area contributed by atoms with Crippen molar-refractivity contribution in [3.05, 3.63) is 47.7 Å². The third kappa shape index (κ3) is 4.45. The number of aliphatic imine (C=N–C) groups is 1. The Kier molecular flexibility index (Phi) is 6.82. The van der Waals surface area contributed by atoms with E-state index in [4.69, 9.17) is 5.73 Å². The maximum absolute atomic E-state index is 15.2. The SMILES string of the molecule is CC1(C)C(N)=N[C@](C)(c2nc(NC(=O)c3ccc(OC(F)F)cn3)ccc2F)[C@H]2CCCCN[SH]21=O. The number of ether oxygens (including phenoxy) is 1. The van der Waals surface area contributed by atoms with Gasteiger partial charge in [-0.3, -0.25) is 18.7 Å². The van der Waals surface area contributed by atoms with Crippen molar-refractivity contribution in [2.75, 3.05) is 11.9 Å². The van der Waals surface area contributed by atoms with Crippen LogP contribution in [0.25, 0.3) is 0 Å². The van der Waals surface area contributed by atoms with Crippen LogP contribution in [0, 0.1) is 5.82 Å². The molecule has 0 saturated carbocycles. The summed E-state index contributed by atoms with van der Waals surface area (Å²) in [6.07, 6.45) is 3.11. The number of hydrogen-bond donors (Lipinski definition) is 4. The average Bonchev–Trinajstić information content (AvgIpc) is 3.02. The topological polar surface area (TPSA) is 132 Å². The number of fused-ring (bicyclic) bond motifs is 1. The third-order valence-electron chi connectivity index (χ3n) is 6.91. The van der Waals surface area contributed by atoms with E-state index in [9.17, 15) is 17.8 Å². The van der Waals surface area contributed by atoms with Crippen LogP contribution < -0.4 is 20.5 Å². The Labute approximate surface area is 207 Å². The number of alkyl halides is 2. The Morgan fingerprint density at radius 3 is 2.67 bits per heavy atom. The number of halogens is 3. The largest absolute Gasteiger partial charge is 0.433 e. The van der Waals surface area contributed by atoms with Gasteiger partial charge in [0.05, 0.1) is 16.2 Å². The van der Waals surface area contributed by atoms with Crippen molar-refractivity contribution < 1.29 is 26.9 Å². The number of hydrogen-bond acceptors (Lipinski definition) is 7. The number of nitrogens with zero attached hydrogens (tertiary/aromatic N) is 3. The van der Waals surface area contributed by atoms with Gasteiger partial charge in [-0.05, 0) is 68.0 Å². The van der Waals surface area contributed by atoms with Crippen molar-refractivity contribution in [3.63, 3.8) is 0 Å². The Morgan fingerprint density at radius 2 is 2.00 bits per heavy atom. The first kappa shape index (κ1) is 26.0. The van der Waals surface area contributed by atoms with Crippen molar-refractivity contribution in [1.82, 2.24) is 14.7 Å². The van der Waals surface area contributed by atoms with Crippen LogP contribution in [0.5, 0.6) is 5.75 Å². The molecule has 0 unspecified atom stereocenters. The van der Waals surface area contributed by atoms with Crippen LogP contribution >= 0.6 is 0 Å². The fourth-order valence-electron chi connectivity index (χ4n) is 4.80. The number of carbonyl (C=O) groups is 1. The smallest absolute Gasteiger partial charge is 0.387 e. The molecule has 1 amide bonds. The van der Waals surface area contributed by atoms with E-state index in [0.717, 1.165) is 25.1 Å². The second kappa shape index (κ2) is 9.43. The summed E-state index contributed by atoms with van der Waals surface area (Å²) in [5.41, 5.74) is 4.79. The quantitative estimate of drug-likeness (QED) is 0.443. The van der Waals surface area contributed by atoms with Gasteiger partial charge in [-0.15, -0.1) is 0 Å². The second-order valence-electron chi connectivity index (χ2n) is 9.52. The van der Waals surface area contributed by atoms with Crippen LogP contribution in [0.2, 0.25) is 0 Å². The summed E-state index contributed by atoms with van der Waals surface area (Å²) in [6, 6.07) is 4.81. The highest BCUT2D eigenvalue weighted by Crippen LogP contribution is 2.47. The summed E-state index contributed by atoms with van der Waals surface area (Å²) < 4.78 is 60.8. The number of nitrogens with one attached hydrogen (secondary N) is 2. The molecule has 1 saturated heterocycles. The van der Waals surface area contributed by atoms with Gasteiger partial charge in [0.1, 0.15) is 40.1 Å². The molecule has 36 heavy (non-hydrogen) atoms. The van der Waals surface area contributed by atoms with E-state index in [1.807, 2.05) is 0 Å². The lowest BCUT2D eigenvalue weighted by molar-refractivity contribution is -0.0500. The first-order valence-corrected chi connectivity index (χ1v) is 13.3. The van der Waals surface area contributed by atoms with E-state index in [1.165, 1.54) is 18.2 Å². The molecule has 0 bridgehead atoms. The molecule has 2 aromatic heterocycles. The summed E-state index contributed by atoms with van der Waals surface area (Å²) >= 11 is 0. The minimum absolute atomic E-state index is 0.0161. The van der Waals surface area contributed by atoms with E-state index >= 15 is 4.39 Å². The Morgan fingerprint density at radius 1 is 1.25 bits per heavy atom. The standard InChI is InChI=1S/C23H29F3N6O3S/c1-22(2)20(27)32-23(3,16-6-4-5-11-29-36(16,22)34)18-14(24)8-10-17(30-18)31-19(33)15-9-7-13(12-28-15)35-21(25)26/h7-10,12,16,21,36H,4-6,11H2,1-3H3,(H2,27,32)(H,29,34)(H,30,31,33)/t16-,23+/m1/s1. The molecule has 2 atom stereocenters. The lowest BCUT2D eigenvalue weighted by Crippen LogP contribution is -2.67. The lowest BCUT2D eigenvalue weighted by atomic mass is 9.88. The molecule has 2 aliphatic rings. The van der Waals surface area contributed by atoms with Gasteiger partial charge in [0.2, 0.25) is 0 Å². The Hall–Kier alpha value is -3.06. The number of pyridine rings is 2. The van der Waals surface area contributed by atoms with Crippen LogP contribution in [0.1, 0.15) is 56.2 Å². The minimum atomic E-state index is -3.21. The predicted molar refractivity (Wildman–Crippen MR) is 131 cm³/mol. The second-order valence-corrected chi connectivity index (χ2v) is 12.9. The van der Waals surface area contributed by atoms with E-state index in [-0.39, 0.29) is 28.8 Å². The number of carbonyl (C=O) groups excluding carboxylic acids is 1. The Bertz CT molecular complexity index is 1240. The maximum atomic E-state index is 15.2. The van der Waals surface area contributed by atoms with Crippen LogP contribution in [0.4, 0.5) is 19.0 Å². The van der Waals surface area contributed by atoms with Crippen molar-refractivity contribution in [3.8, 4) is 5.75 Å². The van der Waals surface area contributed by atoms with Gasteiger partial charge in [-0.25, -0.2) is 14.4 Å². The van der Waals surface area contributed by atoms with E-state index < -0.39 is 44.0 Å². The zero-order chi connectivity index (χ0) is 26.3. The molecule has 0 aliphatic carbocycles. The van der Waals surface area contributed by atoms with Crippen molar-refractivity contribution in [2.45, 2.75) is 62.2 Å². The van der Waals surface area contributed by atoms with Gasteiger partial charge in [-0.2, -0.15) is 8.78 Å². The maximum Gasteiger partial charge on any atom is 0.387 e. The molecule has 0 spiro atoms. The molecule has 1 fully saturated rings. The molecule has 2 aliphatic heterocycles. The number of nitrogens with two attached hydrogens (primary N) is 1. The van der Waals surface area contributed by atoms with Gasteiger partial charge in [0.25, 0.3) is 5.91 Å².